The van der Waals surface area contributed by atoms with Crippen molar-refractivity contribution in [3.05, 3.63) is 0 Å². The van der Waals surface area contributed by atoms with Crippen molar-refractivity contribution in [2.45, 2.75) is 56.8 Å². The minimum absolute atomic E-state index is 0.00691. The molecule has 0 aromatic carbocycles. The Balaban J connectivity index is 1.80. The lowest BCUT2D eigenvalue weighted by atomic mass is 9.96. The van der Waals surface area contributed by atoms with Crippen LogP contribution in [-0.2, 0) is 14.2 Å². The van der Waals surface area contributed by atoms with Gasteiger partial charge in [0.05, 0.1) is 24.9 Å². The maximum absolute atomic E-state index is 6.02. The van der Waals surface area contributed by atoms with E-state index >= 15 is 0 Å². The SMILES string of the molecule is CC1(C)CCC(COC2(CN)CCCOC2)O1. The molecule has 2 aliphatic rings. The molecule has 0 aliphatic carbocycles. The van der Waals surface area contributed by atoms with Crippen molar-refractivity contribution in [3.8, 4) is 0 Å². The van der Waals surface area contributed by atoms with Gasteiger partial charge in [-0.3, -0.25) is 0 Å². The topological polar surface area (TPSA) is 53.7 Å². The van der Waals surface area contributed by atoms with Crippen LogP contribution in [0.25, 0.3) is 0 Å². The summed E-state index contributed by atoms with van der Waals surface area (Å²) in [5.41, 5.74) is 5.57. The molecule has 0 bridgehead atoms. The van der Waals surface area contributed by atoms with E-state index in [0.29, 0.717) is 19.8 Å². The molecular weight excluding hydrogens is 218 g/mol. The zero-order valence-corrected chi connectivity index (χ0v) is 11.0. The van der Waals surface area contributed by atoms with Gasteiger partial charge < -0.3 is 19.9 Å². The molecule has 2 unspecified atom stereocenters. The lowest BCUT2D eigenvalue weighted by Gasteiger charge is -2.36. The number of nitrogens with two attached hydrogens (primary N) is 1. The fraction of sp³-hybridized carbons (Fsp3) is 1.00. The number of ether oxygens (including phenoxy) is 3. The maximum Gasteiger partial charge on any atom is 0.104 e. The molecule has 0 aromatic rings. The van der Waals surface area contributed by atoms with E-state index in [2.05, 4.69) is 13.8 Å². The molecule has 17 heavy (non-hydrogen) atoms. The number of hydrogen-bond acceptors (Lipinski definition) is 4. The molecule has 0 amide bonds. The molecule has 2 fully saturated rings. The van der Waals surface area contributed by atoms with E-state index in [0.717, 1.165) is 32.3 Å². The van der Waals surface area contributed by atoms with Gasteiger partial charge in [0.15, 0.2) is 0 Å². The molecule has 2 heterocycles. The minimum atomic E-state index is -0.270. The Labute approximate surface area is 104 Å². The summed E-state index contributed by atoms with van der Waals surface area (Å²) in [4.78, 5) is 0. The lowest BCUT2D eigenvalue weighted by molar-refractivity contribution is -0.150. The molecule has 0 saturated carbocycles. The summed E-state index contributed by atoms with van der Waals surface area (Å²) in [7, 11) is 0. The highest BCUT2D eigenvalue weighted by Gasteiger charge is 2.36. The molecule has 4 nitrogen and oxygen atoms in total. The number of hydrogen-bond donors (Lipinski definition) is 1. The van der Waals surface area contributed by atoms with Crippen LogP contribution in [0.15, 0.2) is 0 Å². The van der Waals surface area contributed by atoms with Crippen molar-refractivity contribution in [2.24, 2.45) is 5.73 Å². The Morgan fingerprint density at radius 2 is 2.18 bits per heavy atom. The van der Waals surface area contributed by atoms with Crippen LogP contribution < -0.4 is 5.73 Å². The van der Waals surface area contributed by atoms with E-state index in [1.54, 1.807) is 0 Å². The highest BCUT2D eigenvalue weighted by Crippen LogP contribution is 2.31. The second kappa shape index (κ2) is 5.22. The van der Waals surface area contributed by atoms with Gasteiger partial charge in [-0.1, -0.05) is 0 Å². The standard InChI is InChI=1S/C13H25NO3/c1-12(2)6-4-11(17-12)8-16-13(9-14)5-3-7-15-10-13/h11H,3-10,14H2,1-2H3. The monoisotopic (exact) mass is 243 g/mol. The van der Waals surface area contributed by atoms with Gasteiger partial charge in [0, 0.05) is 13.2 Å². The van der Waals surface area contributed by atoms with Crippen molar-refractivity contribution in [2.75, 3.05) is 26.4 Å². The van der Waals surface area contributed by atoms with Crippen molar-refractivity contribution in [1.29, 1.82) is 0 Å². The molecule has 0 aromatic heterocycles. The fourth-order valence-electron chi connectivity index (χ4n) is 2.63. The van der Waals surface area contributed by atoms with E-state index in [9.17, 15) is 0 Å². The Morgan fingerprint density at radius 3 is 2.71 bits per heavy atom. The van der Waals surface area contributed by atoms with Crippen molar-refractivity contribution in [1.82, 2.24) is 0 Å². The Kier molecular flexibility index (Phi) is 4.08. The third-order valence-electron chi connectivity index (χ3n) is 3.79. The fourth-order valence-corrected chi connectivity index (χ4v) is 2.63. The average molecular weight is 243 g/mol. The van der Waals surface area contributed by atoms with Crippen LogP contribution in [0.1, 0.15) is 39.5 Å². The third kappa shape index (κ3) is 3.41. The minimum Gasteiger partial charge on any atom is -0.378 e. The molecule has 2 rings (SSSR count). The van der Waals surface area contributed by atoms with Gasteiger partial charge in [-0.25, -0.2) is 0 Å². The first kappa shape index (κ1) is 13.3. The van der Waals surface area contributed by atoms with Crippen LogP contribution in [0, 0.1) is 0 Å². The van der Waals surface area contributed by atoms with Crippen LogP contribution >= 0.6 is 0 Å². The zero-order chi connectivity index (χ0) is 12.4. The first-order chi connectivity index (χ1) is 8.05. The summed E-state index contributed by atoms with van der Waals surface area (Å²) in [6, 6.07) is 0. The molecule has 4 heteroatoms. The molecule has 2 saturated heterocycles. The second-order valence-corrected chi connectivity index (χ2v) is 5.89. The lowest BCUT2D eigenvalue weighted by Crippen LogP contribution is -2.49. The van der Waals surface area contributed by atoms with E-state index < -0.39 is 0 Å². The summed E-state index contributed by atoms with van der Waals surface area (Å²) in [6.45, 7) is 6.90. The number of rotatable bonds is 4. The normalized spacial score (nSPS) is 37.2. The van der Waals surface area contributed by atoms with Crippen LogP contribution in [0.4, 0.5) is 0 Å². The highest BCUT2D eigenvalue weighted by molar-refractivity contribution is 4.86. The van der Waals surface area contributed by atoms with Crippen molar-refractivity contribution in [3.63, 3.8) is 0 Å². The van der Waals surface area contributed by atoms with Gasteiger partial charge in [0.25, 0.3) is 0 Å². The molecule has 0 spiro atoms. The van der Waals surface area contributed by atoms with Gasteiger partial charge >= 0.3 is 0 Å². The van der Waals surface area contributed by atoms with Gasteiger partial charge in [0.1, 0.15) is 5.60 Å². The predicted octanol–water partition coefficient (Wildman–Crippen LogP) is 1.47. The van der Waals surface area contributed by atoms with Crippen LogP contribution in [0.2, 0.25) is 0 Å². The summed E-state index contributed by atoms with van der Waals surface area (Å²) < 4.78 is 17.4. The Hall–Kier alpha value is -0.160. The Bertz CT molecular complexity index is 249. The van der Waals surface area contributed by atoms with Crippen molar-refractivity contribution < 1.29 is 14.2 Å². The van der Waals surface area contributed by atoms with Gasteiger partial charge in [-0.05, 0) is 39.5 Å². The quantitative estimate of drug-likeness (QED) is 0.812. The molecule has 100 valence electrons. The van der Waals surface area contributed by atoms with Gasteiger partial charge in [-0.15, -0.1) is 0 Å². The summed E-state index contributed by atoms with van der Waals surface area (Å²) in [6.07, 6.45) is 4.44. The summed E-state index contributed by atoms with van der Waals surface area (Å²) in [5.74, 6) is 0. The van der Waals surface area contributed by atoms with Crippen molar-refractivity contribution >= 4 is 0 Å². The molecule has 2 atom stereocenters. The Morgan fingerprint density at radius 1 is 1.35 bits per heavy atom. The smallest absolute Gasteiger partial charge is 0.104 e. The van der Waals surface area contributed by atoms with E-state index in [4.69, 9.17) is 19.9 Å². The molecule has 2 aliphatic heterocycles. The zero-order valence-electron chi connectivity index (χ0n) is 11.0. The second-order valence-electron chi connectivity index (χ2n) is 5.89. The van der Waals surface area contributed by atoms with E-state index in [1.807, 2.05) is 0 Å². The van der Waals surface area contributed by atoms with Gasteiger partial charge in [-0.2, -0.15) is 0 Å². The van der Waals surface area contributed by atoms with Crippen LogP contribution in [0.3, 0.4) is 0 Å². The molecular formula is C13H25NO3. The first-order valence-corrected chi connectivity index (χ1v) is 6.65. The predicted molar refractivity (Wildman–Crippen MR) is 66.0 cm³/mol. The van der Waals surface area contributed by atoms with Crippen LogP contribution in [0.5, 0.6) is 0 Å². The third-order valence-corrected chi connectivity index (χ3v) is 3.79. The van der Waals surface area contributed by atoms with Gasteiger partial charge in [0.2, 0.25) is 0 Å². The first-order valence-electron chi connectivity index (χ1n) is 6.65. The average Bonchev–Trinajstić information content (AvgIpc) is 2.68. The largest absolute Gasteiger partial charge is 0.378 e. The maximum atomic E-state index is 6.02. The molecule has 2 N–H and O–H groups in total. The summed E-state index contributed by atoms with van der Waals surface area (Å²) >= 11 is 0. The van der Waals surface area contributed by atoms with E-state index in [1.165, 1.54) is 0 Å². The van der Waals surface area contributed by atoms with E-state index in [-0.39, 0.29) is 17.3 Å². The molecule has 0 radical (unpaired) electrons. The highest BCUT2D eigenvalue weighted by atomic mass is 16.6. The summed E-state index contributed by atoms with van der Waals surface area (Å²) in [5, 5.41) is 0. The van der Waals surface area contributed by atoms with Crippen LogP contribution in [-0.4, -0.2) is 43.7 Å².